The number of carbonyl (C=O) groups is 1. The molecule has 1 aliphatic heterocycles. The first-order valence-electron chi connectivity index (χ1n) is 8.71. The molecule has 1 amide bonds. The van der Waals surface area contributed by atoms with Crippen molar-refractivity contribution in [3.05, 3.63) is 65.2 Å². The molecule has 1 saturated heterocycles. The molecule has 0 bridgehead atoms. The highest BCUT2D eigenvalue weighted by atomic mass is 32.2. The van der Waals surface area contributed by atoms with Crippen LogP contribution in [0, 0.1) is 0 Å². The molecule has 5 nitrogen and oxygen atoms in total. The molecule has 1 atom stereocenters. The number of hydrogen-bond acceptors (Lipinski definition) is 4. The molecule has 1 fully saturated rings. The van der Waals surface area contributed by atoms with Crippen LogP contribution in [0.15, 0.2) is 53.4 Å². The first kappa shape index (κ1) is 18.8. The van der Waals surface area contributed by atoms with E-state index in [0.717, 1.165) is 43.3 Å². The normalized spacial score (nSPS) is 16.2. The van der Waals surface area contributed by atoms with Gasteiger partial charge in [0.05, 0.1) is 13.2 Å². The standard InChI is InChI=1S/C20H24N2O3S/c1-26(24)19-7-5-18(6-8-19)20(23)21-14-16-3-2-4-17(13-16)15-22-9-11-25-12-10-22/h2-8,13H,9-12,14-15H2,1H3,(H,21,23). The van der Waals surface area contributed by atoms with Crippen LogP contribution < -0.4 is 5.32 Å². The predicted octanol–water partition coefficient (Wildman–Crippen LogP) is 2.19. The summed E-state index contributed by atoms with van der Waals surface area (Å²) in [7, 11) is -1.03. The smallest absolute Gasteiger partial charge is 0.251 e. The third-order valence-electron chi connectivity index (χ3n) is 4.40. The fourth-order valence-electron chi connectivity index (χ4n) is 2.94. The van der Waals surface area contributed by atoms with Gasteiger partial charge in [0.25, 0.3) is 5.91 Å². The molecule has 0 aliphatic carbocycles. The van der Waals surface area contributed by atoms with E-state index in [1.165, 1.54) is 5.56 Å². The number of carbonyl (C=O) groups excluding carboxylic acids is 1. The average molecular weight is 372 g/mol. The Hall–Kier alpha value is -2.02. The maximum absolute atomic E-state index is 12.3. The summed E-state index contributed by atoms with van der Waals surface area (Å²) in [6.07, 6.45) is 1.62. The van der Waals surface area contributed by atoms with Gasteiger partial charge in [-0.1, -0.05) is 24.3 Å². The Morgan fingerprint density at radius 1 is 1.12 bits per heavy atom. The summed E-state index contributed by atoms with van der Waals surface area (Å²) in [5.74, 6) is -0.128. The van der Waals surface area contributed by atoms with Crippen LogP contribution in [0.2, 0.25) is 0 Å². The van der Waals surface area contributed by atoms with Crippen LogP contribution in [0.1, 0.15) is 21.5 Å². The number of morpholine rings is 1. The number of ether oxygens (including phenoxy) is 1. The van der Waals surface area contributed by atoms with Crippen LogP contribution in [0.3, 0.4) is 0 Å². The third kappa shape index (κ3) is 5.24. The molecule has 0 aromatic heterocycles. The minimum absolute atomic E-state index is 0.128. The highest BCUT2D eigenvalue weighted by Crippen LogP contribution is 2.11. The number of benzene rings is 2. The van der Waals surface area contributed by atoms with Crippen molar-refractivity contribution in [1.82, 2.24) is 10.2 Å². The van der Waals surface area contributed by atoms with Crippen LogP contribution in [0.25, 0.3) is 0 Å². The summed E-state index contributed by atoms with van der Waals surface area (Å²) in [5, 5.41) is 2.95. The van der Waals surface area contributed by atoms with Crippen LogP contribution >= 0.6 is 0 Å². The van der Waals surface area contributed by atoms with E-state index in [9.17, 15) is 9.00 Å². The van der Waals surface area contributed by atoms with Crippen molar-refractivity contribution in [1.29, 1.82) is 0 Å². The zero-order valence-electron chi connectivity index (χ0n) is 14.9. The average Bonchev–Trinajstić information content (AvgIpc) is 2.67. The fraction of sp³-hybridized carbons (Fsp3) is 0.350. The molecule has 6 heteroatoms. The number of rotatable bonds is 6. The quantitative estimate of drug-likeness (QED) is 0.844. The van der Waals surface area contributed by atoms with Crippen molar-refractivity contribution in [2.75, 3.05) is 32.6 Å². The maximum atomic E-state index is 12.3. The fourth-order valence-corrected chi connectivity index (χ4v) is 3.46. The van der Waals surface area contributed by atoms with Gasteiger partial charge in [-0.25, -0.2) is 0 Å². The Labute approximate surface area is 156 Å². The van der Waals surface area contributed by atoms with Crippen LogP contribution in [0.5, 0.6) is 0 Å². The topological polar surface area (TPSA) is 58.6 Å². The van der Waals surface area contributed by atoms with Gasteiger partial charge in [0.2, 0.25) is 0 Å². The Bertz CT molecular complexity index is 771. The highest BCUT2D eigenvalue weighted by molar-refractivity contribution is 7.84. The molecule has 1 heterocycles. The van der Waals surface area contributed by atoms with Gasteiger partial charge >= 0.3 is 0 Å². The molecule has 0 saturated carbocycles. The van der Waals surface area contributed by atoms with Gasteiger partial charge < -0.3 is 10.1 Å². The van der Waals surface area contributed by atoms with E-state index in [-0.39, 0.29) is 5.91 Å². The van der Waals surface area contributed by atoms with Gasteiger partial charge in [-0.3, -0.25) is 13.9 Å². The van der Waals surface area contributed by atoms with Crippen molar-refractivity contribution in [3.63, 3.8) is 0 Å². The minimum Gasteiger partial charge on any atom is -0.379 e. The number of hydrogen-bond donors (Lipinski definition) is 1. The van der Waals surface area contributed by atoms with Gasteiger partial charge in [0, 0.05) is 53.7 Å². The summed E-state index contributed by atoms with van der Waals surface area (Å²) in [4.78, 5) is 15.4. The first-order valence-corrected chi connectivity index (χ1v) is 10.3. The largest absolute Gasteiger partial charge is 0.379 e. The zero-order valence-corrected chi connectivity index (χ0v) is 15.8. The molecule has 1 aliphatic rings. The molecule has 0 spiro atoms. The van der Waals surface area contributed by atoms with Crippen molar-refractivity contribution in [2.45, 2.75) is 18.0 Å². The molecule has 3 rings (SSSR count). The van der Waals surface area contributed by atoms with Crippen LogP contribution in [-0.2, 0) is 28.6 Å². The van der Waals surface area contributed by atoms with Gasteiger partial charge in [-0.05, 0) is 35.4 Å². The molecule has 0 radical (unpaired) electrons. The minimum atomic E-state index is -1.03. The van der Waals surface area contributed by atoms with Crippen molar-refractivity contribution in [3.8, 4) is 0 Å². The lowest BCUT2D eigenvalue weighted by Crippen LogP contribution is -2.35. The molecule has 2 aromatic rings. The number of amides is 1. The summed E-state index contributed by atoms with van der Waals surface area (Å²) in [6.45, 7) is 4.89. The maximum Gasteiger partial charge on any atom is 0.251 e. The molecule has 138 valence electrons. The Balaban J connectivity index is 1.56. The van der Waals surface area contributed by atoms with E-state index in [0.29, 0.717) is 12.1 Å². The van der Waals surface area contributed by atoms with Gasteiger partial charge in [0.1, 0.15) is 0 Å². The molecule has 26 heavy (non-hydrogen) atoms. The summed E-state index contributed by atoms with van der Waals surface area (Å²) >= 11 is 0. The van der Waals surface area contributed by atoms with E-state index < -0.39 is 10.8 Å². The first-order chi connectivity index (χ1) is 12.6. The summed E-state index contributed by atoms with van der Waals surface area (Å²) in [5.41, 5.74) is 2.90. The van der Waals surface area contributed by atoms with Crippen molar-refractivity contribution < 1.29 is 13.7 Å². The molecular formula is C20H24N2O3S. The second kappa shape index (κ2) is 9.07. The van der Waals surface area contributed by atoms with E-state index in [1.807, 2.05) is 12.1 Å². The summed E-state index contributed by atoms with van der Waals surface area (Å²) in [6, 6.07) is 15.2. The van der Waals surface area contributed by atoms with Crippen LogP contribution in [0.4, 0.5) is 0 Å². The van der Waals surface area contributed by atoms with E-state index in [2.05, 4.69) is 22.3 Å². The lowest BCUT2D eigenvalue weighted by Gasteiger charge is -2.26. The van der Waals surface area contributed by atoms with E-state index >= 15 is 0 Å². The lowest BCUT2D eigenvalue weighted by molar-refractivity contribution is 0.0342. The second-order valence-corrected chi connectivity index (χ2v) is 7.75. The van der Waals surface area contributed by atoms with Gasteiger partial charge in [-0.15, -0.1) is 0 Å². The van der Waals surface area contributed by atoms with E-state index in [4.69, 9.17) is 4.74 Å². The number of nitrogens with one attached hydrogen (secondary N) is 1. The van der Waals surface area contributed by atoms with Gasteiger partial charge in [0.15, 0.2) is 0 Å². The zero-order chi connectivity index (χ0) is 18.4. The Morgan fingerprint density at radius 3 is 2.50 bits per heavy atom. The van der Waals surface area contributed by atoms with Gasteiger partial charge in [-0.2, -0.15) is 0 Å². The van der Waals surface area contributed by atoms with Crippen molar-refractivity contribution >= 4 is 16.7 Å². The summed E-state index contributed by atoms with van der Waals surface area (Å²) < 4.78 is 16.8. The van der Waals surface area contributed by atoms with Crippen LogP contribution in [-0.4, -0.2) is 47.6 Å². The predicted molar refractivity (Wildman–Crippen MR) is 102 cm³/mol. The highest BCUT2D eigenvalue weighted by Gasteiger charge is 2.11. The Kier molecular flexibility index (Phi) is 6.55. The molecular weight excluding hydrogens is 348 g/mol. The van der Waals surface area contributed by atoms with E-state index in [1.54, 1.807) is 30.5 Å². The lowest BCUT2D eigenvalue weighted by atomic mass is 10.1. The molecule has 2 aromatic carbocycles. The Morgan fingerprint density at radius 2 is 1.81 bits per heavy atom. The van der Waals surface area contributed by atoms with Crippen molar-refractivity contribution in [2.24, 2.45) is 0 Å². The monoisotopic (exact) mass is 372 g/mol. The third-order valence-corrected chi connectivity index (χ3v) is 5.34. The molecule has 1 N–H and O–H groups in total. The second-order valence-electron chi connectivity index (χ2n) is 6.37. The number of nitrogens with zero attached hydrogens (tertiary/aromatic N) is 1. The molecule has 1 unspecified atom stereocenters. The SMILES string of the molecule is CS(=O)c1ccc(C(=O)NCc2cccc(CN3CCOCC3)c2)cc1.